The standard InChI is InChI=1S/C18H19ClFNO3/c1-22-17-4-2-3-12(9-14-11-21-7-8-23-14)18(17)24-16-6-5-13(20)10-15(16)19/h2-6,10,14,21H,7-9,11H2,1H3/t14-/m0/s1. The maximum atomic E-state index is 13.2. The van der Waals surface area contributed by atoms with Crippen LogP contribution in [0.1, 0.15) is 5.56 Å². The number of nitrogens with one attached hydrogen (secondary N) is 1. The molecule has 1 N–H and O–H groups in total. The molecule has 0 amide bonds. The SMILES string of the molecule is COc1cccc(C[C@H]2CNCCO2)c1Oc1ccc(F)cc1Cl. The van der Waals surface area contributed by atoms with Gasteiger partial charge in [0.25, 0.3) is 0 Å². The Bertz CT molecular complexity index is 705. The number of ether oxygens (including phenoxy) is 3. The second-order valence-electron chi connectivity index (χ2n) is 5.53. The van der Waals surface area contributed by atoms with Crippen LogP contribution in [0.5, 0.6) is 17.2 Å². The van der Waals surface area contributed by atoms with Crippen molar-refractivity contribution in [3.63, 3.8) is 0 Å². The van der Waals surface area contributed by atoms with Gasteiger partial charge < -0.3 is 19.5 Å². The summed E-state index contributed by atoms with van der Waals surface area (Å²) in [5.41, 5.74) is 0.948. The monoisotopic (exact) mass is 351 g/mol. The van der Waals surface area contributed by atoms with Gasteiger partial charge in [-0.15, -0.1) is 0 Å². The van der Waals surface area contributed by atoms with Crippen LogP contribution in [0, 0.1) is 5.82 Å². The van der Waals surface area contributed by atoms with E-state index in [0.717, 1.165) is 18.7 Å². The van der Waals surface area contributed by atoms with Gasteiger partial charge in [0.05, 0.1) is 24.8 Å². The van der Waals surface area contributed by atoms with Crippen LogP contribution in [-0.2, 0) is 11.2 Å². The van der Waals surface area contributed by atoms with Gasteiger partial charge in [0, 0.05) is 25.1 Å². The zero-order valence-corrected chi connectivity index (χ0v) is 14.1. The number of benzene rings is 2. The van der Waals surface area contributed by atoms with Gasteiger partial charge in [-0.1, -0.05) is 23.7 Å². The van der Waals surface area contributed by atoms with E-state index in [9.17, 15) is 4.39 Å². The highest BCUT2D eigenvalue weighted by Crippen LogP contribution is 2.38. The molecular weight excluding hydrogens is 333 g/mol. The van der Waals surface area contributed by atoms with Crippen molar-refractivity contribution < 1.29 is 18.6 Å². The molecule has 0 aliphatic carbocycles. The normalized spacial score (nSPS) is 17.5. The van der Waals surface area contributed by atoms with Gasteiger partial charge in [0.1, 0.15) is 11.6 Å². The van der Waals surface area contributed by atoms with Crippen molar-refractivity contribution in [3.8, 4) is 17.2 Å². The van der Waals surface area contributed by atoms with Gasteiger partial charge in [-0.2, -0.15) is 0 Å². The summed E-state index contributed by atoms with van der Waals surface area (Å²) in [5.74, 6) is 1.14. The van der Waals surface area contributed by atoms with Crippen molar-refractivity contribution in [3.05, 3.63) is 52.8 Å². The van der Waals surface area contributed by atoms with E-state index < -0.39 is 5.82 Å². The third-order valence-corrected chi connectivity index (χ3v) is 4.13. The number of morpholine rings is 1. The Morgan fingerprint density at radius 1 is 1.29 bits per heavy atom. The third-order valence-electron chi connectivity index (χ3n) is 3.84. The van der Waals surface area contributed by atoms with Crippen molar-refractivity contribution in [2.45, 2.75) is 12.5 Å². The first-order valence-electron chi connectivity index (χ1n) is 7.78. The third kappa shape index (κ3) is 3.98. The fourth-order valence-electron chi connectivity index (χ4n) is 2.66. The van der Waals surface area contributed by atoms with E-state index in [1.54, 1.807) is 7.11 Å². The molecule has 1 heterocycles. The van der Waals surface area contributed by atoms with Crippen molar-refractivity contribution >= 4 is 11.6 Å². The Labute approximate surface area is 145 Å². The minimum atomic E-state index is -0.408. The van der Waals surface area contributed by atoms with E-state index in [-0.39, 0.29) is 11.1 Å². The molecule has 0 radical (unpaired) electrons. The van der Waals surface area contributed by atoms with Gasteiger partial charge in [0.15, 0.2) is 11.5 Å². The molecule has 1 fully saturated rings. The van der Waals surface area contributed by atoms with Crippen LogP contribution in [0.4, 0.5) is 4.39 Å². The highest BCUT2D eigenvalue weighted by atomic mass is 35.5. The summed E-state index contributed by atoms with van der Waals surface area (Å²) in [6, 6.07) is 9.73. The molecule has 1 atom stereocenters. The van der Waals surface area contributed by atoms with Crippen molar-refractivity contribution in [1.82, 2.24) is 5.32 Å². The lowest BCUT2D eigenvalue weighted by molar-refractivity contribution is 0.0289. The fraction of sp³-hybridized carbons (Fsp3) is 0.333. The summed E-state index contributed by atoms with van der Waals surface area (Å²) in [5, 5.41) is 3.52. The smallest absolute Gasteiger partial charge is 0.172 e. The number of rotatable bonds is 5. The molecule has 2 aromatic rings. The quantitative estimate of drug-likeness (QED) is 0.889. The molecule has 0 unspecified atom stereocenters. The first-order chi connectivity index (χ1) is 11.7. The van der Waals surface area contributed by atoms with E-state index in [4.69, 9.17) is 25.8 Å². The fourth-order valence-corrected chi connectivity index (χ4v) is 2.87. The predicted octanol–water partition coefficient (Wildman–Crippen LogP) is 3.81. The molecule has 0 bridgehead atoms. The summed E-state index contributed by atoms with van der Waals surface area (Å²) in [6.45, 7) is 2.34. The van der Waals surface area contributed by atoms with E-state index >= 15 is 0 Å². The van der Waals surface area contributed by atoms with E-state index in [0.29, 0.717) is 30.3 Å². The lowest BCUT2D eigenvalue weighted by atomic mass is 10.1. The van der Waals surface area contributed by atoms with Crippen LogP contribution in [-0.4, -0.2) is 32.9 Å². The first kappa shape index (κ1) is 17.0. The lowest BCUT2D eigenvalue weighted by Gasteiger charge is -2.25. The molecule has 6 heteroatoms. The van der Waals surface area contributed by atoms with Gasteiger partial charge >= 0.3 is 0 Å². The molecule has 2 aromatic carbocycles. The molecule has 1 saturated heterocycles. The summed E-state index contributed by atoms with van der Waals surface area (Å²) < 4.78 is 30.4. The summed E-state index contributed by atoms with van der Waals surface area (Å²) in [7, 11) is 1.58. The Hall–Kier alpha value is -1.82. The van der Waals surface area contributed by atoms with Gasteiger partial charge in [0.2, 0.25) is 0 Å². The highest BCUT2D eigenvalue weighted by Gasteiger charge is 2.19. The molecule has 1 aliphatic heterocycles. The molecule has 0 spiro atoms. The van der Waals surface area contributed by atoms with Crippen LogP contribution in [0.2, 0.25) is 5.02 Å². The lowest BCUT2D eigenvalue weighted by Crippen LogP contribution is -2.39. The van der Waals surface area contributed by atoms with Crippen LogP contribution in [0.25, 0.3) is 0 Å². The molecule has 1 aliphatic rings. The zero-order valence-electron chi connectivity index (χ0n) is 13.4. The number of hydrogen-bond acceptors (Lipinski definition) is 4. The number of hydrogen-bond donors (Lipinski definition) is 1. The van der Waals surface area contributed by atoms with Crippen LogP contribution >= 0.6 is 11.6 Å². The van der Waals surface area contributed by atoms with Crippen molar-refractivity contribution in [1.29, 1.82) is 0 Å². The average molecular weight is 352 g/mol. The van der Waals surface area contributed by atoms with Crippen LogP contribution in [0.15, 0.2) is 36.4 Å². The Morgan fingerprint density at radius 2 is 2.17 bits per heavy atom. The Morgan fingerprint density at radius 3 is 2.88 bits per heavy atom. The van der Waals surface area contributed by atoms with Crippen LogP contribution < -0.4 is 14.8 Å². The Kier molecular flexibility index (Phi) is 5.56. The number of methoxy groups -OCH3 is 1. The highest BCUT2D eigenvalue weighted by molar-refractivity contribution is 6.32. The van der Waals surface area contributed by atoms with Crippen LogP contribution in [0.3, 0.4) is 0 Å². The predicted molar refractivity (Wildman–Crippen MR) is 90.8 cm³/mol. The van der Waals surface area contributed by atoms with Gasteiger partial charge in [-0.25, -0.2) is 4.39 Å². The minimum Gasteiger partial charge on any atom is -0.493 e. The molecule has 4 nitrogen and oxygen atoms in total. The Balaban J connectivity index is 1.89. The largest absolute Gasteiger partial charge is 0.493 e. The molecule has 0 aromatic heterocycles. The minimum absolute atomic E-state index is 0.0666. The van der Waals surface area contributed by atoms with Crippen molar-refractivity contribution in [2.75, 3.05) is 26.8 Å². The summed E-state index contributed by atoms with van der Waals surface area (Å²) in [4.78, 5) is 0. The topological polar surface area (TPSA) is 39.7 Å². The molecule has 0 saturated carbocycles. The average Bonchev–Trinajstić information content (AvgIpc) is 2.59. The van der Waals surface area contributed by atoms with Crippen molar-refractivity contribution in [2.24, 2.45) is 0 Å². The molecule has 3 rings (SSSR count). The number of para-hydroxylation sites is 1. The molecule has 128 valence electrons. The first-order valence-corrected chi connectivity index (χ1v) is 8.16. The van der Waals surface area contributed by atoms with E-state index in [1.807, 2.05) is 18.2 Å². The summed E-state index contributed by atoms with van der Waals surface area (Å²) >= 11 is 6.08. The molecular formula is C18H19ClFNO3. The zero-order chi connectivity index (χ0) is 16.9. The number of halogens is 2. The van der Waals surface area contributed by atoms with E-state index in [2.05, 4.69) is 5.32 Å². The maximum Gasteiger partial charge on any atom is 0.172 e. The van der Waals surface area contributed by atoms with E-state index in [1.165, 1.54) is 18.2 Å². The van der Waals surface area contributed by atoms with Gasteiger partial charge in [-0.05, 0) is 24.3 Å². The molecule has 24 heavy (non-hydrogen) atoms. The maximum absolute atomic E-state index is 13.2. The second-order valence-corrected chi connectivity index (χ2v) is 5.93. The second kappa shape index (κ2) is 7.83. The summed E-state index contributed by atoms with van der Waals surface area (Å²) in [6.07, 6.45) is 0.745. The van der Waals surface area contributed by atoms with Gasteiger partial charge in [-0.3, -0.25) is 0 Å².